The summed E-state index contributed by atoms with van der Waals surface area (Å²) < 4.78 is 13.5. The average Bonchev–Trinajstić information content (AvgIpc) is 2.41. The molecule has 2 heteroatoms. The highest BCUT2D eigenvalue weighted by molar-refractivity contribution is 5.06. The molecule has 1 heterocycles. The van der Waals surface area contributed by atoms with Gasteiger partial charge in [0.05, 0.1) is 6.54 Å². The van der Waals surface area contributed by atoms with Gasteiger partial charge in [0, 0.05) is 12.4 Å². The van der Waals surface area contributed by atoms with Crippen molar-refractivity contribution in [3.8, 4) is 0 Å². The maximum Gasteiger partial charge on any atom is 0.107 e. The van der Waals surface area contributed by atoms with Crippen LogP contribution in [0.25, 0.3) is 0 Å². The Kier molecular flexibility index (Phi) is 5.53. The van der Waals surface area contributed by atoms with Gasteiger partial charge >= 0.3 is 0 Å². The monoisotopic (exact) mass is 157 g/mol. The second kappa shape index (κ2) is 5.96. The first-order valence-electron chi connectivity index (χ1n) is 4.01. The minimum atomic E-state index is -0.284. The fourth-order valence-corrected chi connectivity index (χ4v) is 0.798. The van der Waals surface area contributed by atoms with E-state index in [-0.39, 0.29) is 6.67 Å². The van der Waals surface area contributed by atoms with Crippen LogP contribution >= 0.6 is 0 Å². The number of hydrogen-bond donors (Lipinski definition) is 0. The molecular weight excluding hydrogens is 141 g/mol. The molecule has 0 unspecified atom stereocenters. The summed E-state index contributed by atoms with van der Waals surface area (Å²) in [6.07, 6.45) is 3.81. The molecule has 0 aliphatic carbocycles. The van der Waals surface area contributed by atoms with Crippen LogP contribution in [0.3, 0.4) is 0 Å². The van der Waals surface area contributed by atoms with Crippen LogP contribution < -0.4 is 0 Å². The van der Waals surface area contributed by atoms with Crippen molar-refractivity contribution in [3.63, 3.8) is 0 Å². The minimum absolute atomic E-state index is 0.284. The summed E-state index contributed by atoms with van der Waals surface area (Å²) in [5.41, 5.74) is 1.18. The summed E-state index contributed by atoms with van der Waals surface area (Å²) in [4.78, 5) is 0. The zero-order valence-electron chi connectivity index (χ0n) is 7.47. The number of aromatic nitrogens is 1. The highest BCUT2D eigenvalue weighted by Gasteiger charge is 1.88. The van der Waals surface area contributed by atoms with Gasteiger partial charge in [-0.25, -0.2) is 4.39 Å². The molecule has 0 aromatic carbocycles. The van der Waals surface area contributed by atoms with Crippen LogP contribution in [0.15, 0.2) is 18.5 Å². The predicted octanol–water partition coefficient (Wildman–Crippen LogP) is 2.79. The SMILES string of the molecule is CC.Cc1ccn(CCF)c1. The van der Waals surface area contributed by atoms with Crippen LogP contribution in [0.4, 0.5) is 4.39 Å². The van der Waals surface area contributed by atoms with Crippen molar-refractivity contribution < 1.29 is 4.39 Å². The minimum Gasteiger partial charge on any atom is -0.351 e. The summed E-state index contributed by atoms with van der Waals surface area (Å²) in [6, 6.07) is 1.97. The molecular formula is C9H16FN. The third-order valence-corrected chi connectivity index (χ3v) is 1.24. The maximum absolute atomic E-state index is 11.7. The Morgan fingerprint density at radius 2 is 2.09 bits per heavy atom. The summed E-state index contributed by atoms with van der Waals surface area (Å²) in [6.45, 7) is 6.19. The molecule has 0 aliphatic rings. The summed E-state index contributed by atoms with van der Waals surface area (Å²) in [5.74, 6) is 0. The molecule has 0 spiro atoms. The van der Waals surface area contributed by atoms with E-state index in [9.17, 15) is 4.39 Å². The van der Waals surface area contributed by atoms with Gasteiger partial charge in [-0.2, -0.15) is 0 Å². The van der Waals surface area contributed by atoms with Gasteiger partial charge in [-0.1, -0.05) is 13.8 Å². The third kappa shape index (κ3) is 3.81. The summed E-state index contributed by atoms with van der Waals surface area (Å²) in [7, 11) is 0. The van der Waals surface area contributed by atoms with Crippen molar-refractivity contribution >= 4 is 0 Å². The highest BCUT2D eigenvalue weighted by Crippen LogP contribution is 1.97. The van der Waals surface area contributed by atoms with Crippen molar-refractivity contribution in [2.45, 2.75) is 27.3 Å². The lowest BCUT2D eigenvalue weighted by molar-refractivity contribution is 0.446. The number of rotatable bonds is 2. The molecule has 1 nitrogen and oxygen atoms in total. The van der Waals surface area contributed by atoms with Crippen molar-refractivity contribution in [1.82, 2.24) is 4.57 Å². The van der Waals surface area contributed by atoms with Gasteiger partial charge in [0.2, 0.25) is 0 Å². The van der Waals surface area contributed by atoms with Gasteiger partial charge in [0.1, 0.15) is 6.67 Å². The Hall–Kier alpha value is -0.790. The Bertz CT molecular complexity index is 181. The van der Waals surface area contributed by atoms with E-state index in [1.54, 1.807) is 0 Å². The molecule has 0 fully saturated rings. The van der Waals surface area contributed by atoms with E-state index in [1.807, 2.05) is 43.8 Å². The molecule has 0 atom stereocenters. The molecule has 0 bridgehead atoms. The molecule has 1 rings (SSSR count). The van der Waals surface area contributed by atoms with Gasteiger partial charge in [0.15, 0.2) is 0 Å². The molecule has 1 aromatic rings. The fraction of sp³-hybridized carbons (Fsp3) is 0.556. The summed E-state index contributed by atoms with van der Waals surface area (Å²) in [5, 5.41) is 0. The third-order valence-electron chi connectivity index (χ3n) is 1.24. The van der Waals surface area contributed by atoms with Crippen molar-refractivity contribution in [2.24, 2.45) is 0 Å². The summed E-state index contributed by atoms with van der Waals surface area (Å²) >= 11 is 0. The number of aryl methyl sites for hydroxylation is 2. The molecule has 0 saturated heterocycles. The first-order chi connectivity index (χ1) is 5.33. The van der Waals surface area contributed by atoms with Gasteiger partial charge < -0.3 is 4.57 Å². The Labute approximate surface area is 67.8 Å². The van der Waals surface area contributed by atoms with Gasteiger partial charge in [-0.15, -0.1) is 0 Å². The Morgan fingerprint density at radius 1 is 1.45 bits per heavy atom. The van der Waals surface area contributed by atoms with Crippen LogP contribution in [0.5, 0.6) is 0 Å². The lowest BCUT2D eigenvalue weighted by Crippen LogP contribution is -1.94. The lowest BCUT2D eigenvalue weighted by atomic mass is 10.4. The van der Waals surface area contributed by atoms with E-state index in [4.69, 9.17) is 0 Å². The number of nitrogens with zero attached hydrogens (tertiary/aromatic N) is 1. The van der Waals surface area contributed by atoms with Crippen LogP contribution in [0, 0.1) is 6.92 Å². The van der Waals surface area contributed by atoms with E-state index in [2.05, 4.69) is 0 Å². The number of alkyl halides is 1. The molecule has 0 amide bonds. The molecule has 0 saturated carbocycles. The molecule has 0 radical (unpaired) electrons. The number of halogens is 1. The molecule has 11 heavy (non-hydrogen) atoms. The molecule has 0 N–H and O–H groups in total. The molecule has 0 aliphatic heterocycles. The van der Waals surface area contributed by atoms with E-state index >= 15 is 0 Å². The van der Waals surface area contributed by atoms with Crippen molar-refractivity contribution in [1.29, 1.82) is 0 Å². The van der Waals surface area contributed by atoms with Gasteiger partial charge in [-0.3, -0.25) is 0 Å². The largest absolute Gasteiger partial charge is 0.351 e. The highest BCUT2D eigenvalue weighted by atomic mass is 19.1. The Balaban J connectivity index is 0.000000461. The molecule has 64 valence electrons. The van der Waals surface area contributed by atoms with Gasteiger partial charge in [-0.05, 0) is 18.6 Å². The second-order valence-electron chi connectivity index (χ2n) is 2.12. The second-order valence-corrected chi connectivity index (χ2v) is 2.12. The standard InChI is InChI=1S/C7H10FN.C2H6/c1-7-2-4-9(6-7)5-3-8;1-2/h2,4,6H,3,5H2,1H3;1-2H3. The van der Waals surface area contributed by atoms with Crippen LogP contribution in [0.1, 0.15) is 19.4 Å². The van der Waals surface area contributed by atoms with Crippen LogP contribution in [-0.4, -0.2) is 11.2 Å². The smallest absolute Gasteiger partial charge is 0.107 e. The zero-order valence-corrected chi connectivity index (χ0v) is 7.47. The lowest BCUT2D eigenvalue weighted by Gasteiger charge is -1.93. The normalized spacial score (nSPS) is 8.73. The fourth-order valence-electron chi connectivity index (χ4n) is 0.798. The topological polar surface area (TPSA) is 4.93 Å². The Morgan fingerprint density at radius 3 is 2.45 bits per heavy atom. The van der Waals surface area contributed by atoms with Crippen molar-refractivity contribution in [3.05, 3.63) is 24.0 Å². The van der Waals surface area contributed by atoms with E-state index in [0.717, 1.165) is 0 Å². The van der Waals surface area contributed by atoms with Gasteiger partial charge in [0.25, 0.3) is 0 Å². The quantitative estimate of drug-likeness (QED) is 0.622. The van der Waals surface area contributed by atoms with Crippen LogP contribution in [-0.2, 0) is 6.54 Å². The van der Waals surface area contributed by atoms with Crippen LogP contribution in [0.2, 0.25) is 0 Å². The van der Waals surface area contributed by atoms with E-state index in [0.29, 0.717) is 6.54 Å². The predicted molar refractivity (Wildman–Crippen MR) is 46.5 cm³/mol. The average molecular weight is 157 g/mol. The van der Waals surface area contributed by atoms with E-state index < -0.39 is 0 Å². The zero-order chi connectivity index (χ0) is 8.69. The maximum atomic E-state index is 11.7. The van der Waals surface area contributed by atoms with E-state index in [1.165, 1.54) is 5.56 Å². The first-order valence-corrected chi connectivity index (χ1v) is 4.01. The molecule has 1 aromatic heterocycles. The first kappa shape index (κ1) is 10.2. The number of hydrogen-bond acceptors (Lipinski definition) is 0. The van der Waals surface area contributed by atoms with Crippen molar-refractivity contribution in [2.75, 3.05) is 6.67 Å².